The van der Waals surface area contributed by atoms with Crippen molar-refractivity contribution in [2.75, 3.05) is 24.3 Å². The maximum Gasteiger partial charge on any atom is 0.473 e. The molecule has 1 saturated heterocycles. The van der Waals surface area contributed by atoms with Crippen LogP contribution in [0.4, 0.5) is 11.6 Å². The third-order valence-corrected chi connectivity index (χ3v) is 9.06. The summed E-state index contributed by atoms with van der Waals surface area (Å²) in [6.07, 6.45) is -15.0. The standard InChI is InChI=1S/C30H41N6O16P/c1-12(21-13(2)33-26-22(34-21)27(44)36-30(31)35-26)32-15-5-3-14(4-6-15)9-16(37)23(41)17(38)10-49-29-25(43)24(42)19(51-29)11-50-53(47,48)52-18(28(45)46)7-8-20(39)40/h3-6,12,16-19,23-25,29,32,37-38,41-43H,7-11H2,1-2H3,(H,39,40)(H,45,46)(H,47,48)(H3,31,33,35,36,44). The molecule has 0 amide bonds. The van der Waals surface area contributed by atoms with E-state index in [0.717, 1.165) is 0 Å². The first kappa shape index (κ1) is 41.6. The molecule has 22 nitrogen and oxygen atoms in total. The van der Waals surface area contributed by atoms with E-state index in [1.54, 1.807) is 31.2 Å². The van der Waals surface area contributed by atoms with Crippen LogP contribution < -0.4 is 16.6 Å². The van der Waals surface area contributed by atoms with Crippen molar-refractivity contribution >= 4 is 42.6 Å². The van der Waals surface area contributed by atoms with E-state index in [9.17, 15) is 49.4 Å². The van der Waals surface area contributed by atoms with Gasteiger partial charge in [-0.05, 0) is 38.0 Å². The molecule has 1 aliphatic rings. The van der Waals surface area contributed by atoms with E-state index < -0.39 is 100 Å². The summed E-state index contributed by atoms with van der Waals surface area (Å²) in [5, 5.41) is 73.2. The van der Waals surface area contributed by atoms with Gasteiger partial charge in [0.25, 0.3) is 5.56 Å². The van der Waals surface area contributed by atoms with Gasteiger partial charge in [0, 0.05) is 18.5 Å². The highest BCUT2D eigenvalue weighted by atomic mass is 31.2. The number of benzene rings is 1. The fraction of sp³-hybridized carbons (Fsp3) is 0.533. The molecule has 292 valence electrons. The molecule has 2 aromatic heterocycles. The Labute approximate surface area is 299 Å². The van der Waals surface area contributed by atoms with Crippen LogP contribution in [0.1, 0.15) is 42.8 Å². The fourth-order valence-corrected chi connectivity index (χ4v) is 6.18. The Kier molecular flexibility index (Phi) is 13.9. The van der Waals surface area contributed by atoms with Gasteiger partial charge in [0.15, 0.2) is 23.6 Å². The summed E-state index contributed by atoms with van der Waals surface area (Å²) in [4.78, 5) is 59.2. The van der Waals surface area contributed by atoms with Crippen molar-refractivity contribution in [2.24, 2.45) is 0 Å². The summed E-state index contributed by atoms with van der Waals surface area (Å²) in [5.74, 6) is -3.16. The molecule has 1 fully saturated rings. The number of nitrogens with one attached hydrogen (secondary N) is 2. The number of aromatic nitrogens is 4. The number of hydrogen-bond acceptors (Lipinski definition) is 18. The smallest absolute Gasteiger partial charge is 0.473 e. The van der Waals surface area contributed by atoms with Crippen LogP contribution >= 0.6 is 7.82 Å². The van der Waals surface area contributed by atoms with Crippen LogP contribution in [0.3, 0.4) is 0 Å². The molecular formula is C30H41N6O16P. The minimum absolute atomic E-state index is 0.0382. The number of H-pyrrole nitrogens is 1. The number of aromatic amines is 1. The third-order valence-electron chi connectivity index (χ3n) is 8.06. The summed E-state index contributed by atoms with van der Waals surface area (Å²) >= 11 is 0. The highest BCUT2D eigenvalue weighted by molar-refractivity contribution is 7.47. The van der Waals surface area contributed by atoms with Crippen molar-refractivity contribution in [3.8, 4) is 0 Å². The van der Waals surface area contributed by atoms with Gasteiger partial charge in [-0.3, -0.25) is 23.6 Å². The quantitative estimate of drug-likeness (QED) is 0.0606. The molecule has 12 N–H and O–H groups in total. The number of aliphatic carboxylic acids is 2. The Morgan fingerprint density at radius 2 is 1.75 bits per heavy atom. The lowest BCUT2D eigenvalue weighted by molar-refractivity contribution is -0.192. The number of nitrogens with two attached hydrogens (primary N) is 1. The summed E-state index contributed by atoms with van der Waals surface area (Å²) in [7, 11) is -5.11. The highest BCUT2D eigenvalue weighted by Gasteiger charge is 2.45. The number of aryl methyl sites for hydroxylation is 1. The number of fused-ring (bicyclic) bond motifs is 1. The van der Waals surface area contributed by atoms with Crippen LogP contribution in [0.15, 0.2) is 29.1 Å². The second-order valence-corrected chi connectivity index (χ2v) is 13.6. The Morgan fingerprint density at radius 1 is 1.08 bits per heavy atom. The van der Waals surface area contributed by atoms with Crippen LogP contribution in [-0.4, -0.2) is 135 Å². The average Bonchev–Trinajstić information content (AvgIpc) is 3.35. The maximum atomic E-state index is 12.3. The van der Waals surface area contributed by atoms with Gasteiger partial charge in [0.05, 0.1) is 36.7 Å². The van der Waals surface area contributed by atoms with Gasteiger partial charge in [-0.1, -0.05) is 12.1 Å². The van der Waals surface area contributed by atoms with Crippen LogP contribution in [0.5, 0.6) is 0 Å². The van der Waals surface area contributed by atoms with Crippen molar-refractivity contribution in [3.63, 3.8) is 0 Å². The van der Waals surface area contributed by atoms with E-state index in [2.05, 4.69) is 34.3 Å². The monoisotopic (exact) mass is 772 g/mol. The molecule has 4 rings (SSSR count). The first-order valence-corrected chi connectivity index (χ1v) is 17.5. The molecular weight excluding hydrogens is 731 g/mol. The number of carboxylic acids is 2. The number of carboxylic acid groups (broad SMARTS) is 2. The lowest BCUT2D eigenvalue weighted by Crippen LogP contribution is -2.43. The van der Waals surface area contributed by atoms with Crippen molar-refractivity contribution in [1.82, 2.24) is 19.9 Å². The molecule has 0 saturated carbocycles. The number of ether oxygens (including phenoxy) is 2. The zero-order chi connectivity index (χ0) is 39.2. The summed E-state index contributed by atoms with van der Waals surface area (Å²) in [6, 6.07) is 6.37. The molecule has 1 aromatic carbocycles. The van der Waals surface area contributed by atoms with Crippen molar-refractivity contribution in [1.29, 1.82) is 0 Å². The van der Waals surface area contributed by atoms with Gasteiger partial charge in [-0.25, -0.2) is 19.3 Å². The van der Waals surface area contributed by atoms with Gasteiger partial charge in [-0.2, -0.15) is 4.98 Å². The van der Waals surface area contributed by atoms with E-state index in [4.69, 9.17) is 25.4 Å². The zero-order valence-corrected chi connectivity index (χ0v) is 29.1. The lowest BCUT2D eigenvalue weighted by atomic mass is 10.0. The minimum atomic E-state index is -5.11. The van der Waals surface area contributed by atoms with Crippen LogP contribution in [0.2, 0.25) is 0 Å². The normalized spacial score (nSPS) is 22.8. The predicted octanol–water partition coefficient (Wildman–Crippen LogP) is -1.68. The van der Waals surface area contributed by atoms with Gasteiger partial charge >= 0.3 is 19.8 Å². The van der Waals surface area contributed by atoms with E-state index in [1.165, 1.54) is 0 Å². The second kappa shape index (κ2) is 17.8. The topological polar surface area (TPSA) is 360 Å². The van der Waals surface area contributed by atoms with E-state index in [1.807, 2.05) is 6.92 Å². The highest BCUT2D eigenvalue weighted by Crippen LogP contribution is 2.46. The maximum absolute atomic E-state index is 12.3. The molecule has 0 spiro atoms. The largest absolute Gasteiger partial charge is 0.481 e. The molecule has 3 aromatic rings. The summed E-state index contributed by atoms with van der Waals surface area (Å²) < 4.78 is 32.0. The molecule has 53 heavy (non-hydrogen) atoms. The van der Waals surface area contributed by atoms with Gasteiger partial charge < -0.3 is 61.2 Å². The Hall–Kier alpha value is -4.19. The molecule has 0 bridgehead atoms. The first-order valence-electron chi connectivity index (χ1n) is 16.0. The number of phosphoric ester groups is 1. The number of hydrogen-bond donors (Lipinski definition) is 11. The molecule has 10 unspecified atom stereocenters. The number of rotatable bonds is 19. The van der Waals surface area contributed by atoms with Crippen LogP contribution in [0, 0.1) is 6.92 Å². The van der Waals surface area contributed by atoms with E-state index >= 15 is 0 Å². The van der Waals surface area contributed by atoms with Crippen molar-refractivity contribution in [2.45, 2.75) is 88.2 Å². The number of phosphoric acid groups is 1. The zero-order valence-electron chi connectivity index (χ0n) is 28.3. The third kappa shape index (κ3) is 11.2. The van der Waals surface area contributed by atoms with Crippen molar-refractivity contribution < 1.29 is 73.3 Å². The van der Waals surface area contributed by atoms with Crippen LogP contribution in [-0.2, 0) is 39.1 Å². The van der Waals surface area contributed by atoms with Gasteiger partial charge in [0.2, 0.25) is 5.95 Å². The molecule has 3 heterocycles. The molecule has 23 heteroatoms. The SMILES string of the molecule is Cc1nc2nc(N)[nH]c(=O)c2nc1C(C)Nc1ccc(CC(O)C(O)C(O)COC2OC(COP(=O)(O)OC(CCC(=O)O)C(=O)O)C(O)C2O)cc1. The number of nitrogen functional groups attached to an aromatic ring is 1. The predicted molar refractivity (Wildman–Crippen MR) is 179 cm³/mol. The van der Waals surface area contributed by atoms with Crippen LogP contribution in [0.25, 0.3) is 11.2 Å². The minimum Gasteiger partial charge on any atom is -0.481 e. The lowest BCUT2D eigenvalue weighted by Gasteiger charge is -2.25. The number of aliphatic hydroxyl groups excluding tert-OH is 5. The summed E-state index contributed by atoms with van der Waals surface area (Å²) in [6.45, 7) is 1.94. The fourth-order valence-electron chi connectivity index (χ4n) is 5.27. The van der Waals surface area contributed by atoms with Gasteiger partial charge in [-0.15, -0.1) is 0 Å². The average molecular weight is 773 g/mol. The first-order chi connectivity index (χ1) is 24.8. The second-order valence-electron chi connectivity index (χ2n) is 12.2. The Bertz CT molecular complexity index is 1850. The number of nitrogens with zero attached hydrogens (tertiary/aromatic N) is 3. The number of carbonyl (C=O) groups is 2. The van der Waals surface area contributed by atoms with Gasteiger partial charge in [0.1, 0.15) is 30.5 Å². The summed E-state index contributed by atoms with van der Waals surface area (Å²) in [5.41, 5.74) is 7.51. The Morgan fingerprint density at radius 3 is 2.40 bits per heavy atom. The van der Waals surface area contributed by atoms with Crippen molar-refractivity contribution in [3.05, 3.63) is 51.6 Å². The molecule has 0 aliphatic carbocycles. The van der Waals surface area contributed by atoms with E-state index in [0.29, 0.717) is 22.6 Å². The van der Waals surface area contributed by atoms with E-state index in [-0.39, 0.29) is 29.6 Å². The molecule has 0 radical (unpaired) electrons. The number of aliphatic hydroxyl groups is 5. The molecule has 1 aliphatic heterocycles. The molecule has 10 atom stereocenters. The number of anilines is 2. The Balaban J connectivity index is 1.24.